The van der Waals surface area contributed by atoms with Crippen molar-refractivity contribution in [2.75, 3.05) is 20.2 Å². The van der Waals surface area contributed by atoms with Crippen molar-refractivity contribution < 1.29 is 13.2 Å². The van der Waals surface area contributed by atoms with Crippen molar-refractivity contribution in [1.82, 2.24) is 9.29 Å². The van der Waals surface area contributed by atoms with E-state index in [4.69, 9.17) is 16.3 Å². The van der Waals surface area contributed by atoms with Crippen LogP contribution in [0.5, 0.6) is 5.75 Å². The summed E-state index contributed by atoms with van der Waals surface area (Å²) in [7, 11) is -2.09. The summed E-state index contributed by atoms with van der Waals surface area (Å²) in [6, 6.07) is 12.0. The number of benzene rings is 1. The number of likely N-dealkylation sites (N-methyl/N-ethyl adjacent to an activating group) is 1. The molecule has 0 unspecified atom stereocenters. The molecule has 0 aliphatic carbocycles. The summed E-state index contributed by atoms with van der Waals surface area (Å²) in [5.41, 5.74) is 0. The predicted molar refractivity (Wildman–Crippen MR) is 81.0 cm³/mol. The Morgan fingerprint density at radius 1 is 1.24 bits per heavy atom. The number of nitrogens with zero attached hydrogens (tertiary/aromatic N) is 2. The van der Waals surface area contributed by atoms with E-state index in [2.05, 4.69) is 4.98 Å². The third kappa shape index (κ3) is 4.17. The largest absolute Gasteiger partial charge is 0.492 e. The maximum Gasteiger partial charge on any atom is 0.243 e. The van der Waals surface area contributed by atoms with Crippen LogP contribution in [0.1, 0.15) is 0 Å². The van der Waals surface area contributed by atoms with Crippen molar-refractivity contribution in [2.24, 2.45) is 0 Å². The number of pyridine rings is 1. The number of sulfonamides is 1. The third-order valence-corrected chi connectivity index (χ3v) is 4.88. The normalized spacial score (nSPS) is 11.6. The molecular weight excluding hydrogens is 312 g/mol. The Morgan fingerprint density at radius 2 is 1.95 bits per heavy atom. The maximum atomic E-state index is 12.3. The van der Waals surface area contributed by atoms with E-state index < -0.39 is 10.0 Å². The van der Waals surface area contributed by atoms with Gasteiger partial charge in [0.1, 0.15) is 17.5 Å². The van der Waals surface area contributed by atoms with Crippen LogP contribution in [0.2, 0.25) is 5.15 Å². The summed E-state index contributed by atoms with van der Waals surface area (Å²) in [4.78, 5) is 3.89. The molecule has 7 heteroatoms. The molecule has 0 saturated carbocycles. The minimum absolute atomic E-state index is 0.115. The summed E-state index contributed by atoms with van der Waals surface area (Å²) in [5, 5.41) is 0.144. The van der Waals surface area contributed by atoms with Gasteiger partial charge in [0.25, 0.3) is 0 Å². The van der Waals surface area contributed by atoms with Gasteiger partial charge >= 0.3 is 0 Å². The van der Waals surface area contributed by atoms with E-state index >= 15 is 0 Å². The molecule has 0 saturated heterocycles. The highest BCUT2D eigenvalue weighted by molar-refractivity contribution is 7.89. The Hall–Kier alpha value is -1.63. The van der Waals surface area contributed by atoms with Crippen molar-refractivity contribution >= 4 is 21.6 Å². The molecule has 1 aromatic carbocycles. The number of aromatic nitrogens is 1. The minimum atomic E-state index is -3.59. The molecule has 1 aromatic heterocycles. The number of halogens is 1. The van der Waals surface area contributed by atoms with Gasteiger partial charge in [-0.1, -0.05) is 29.8 Å². The van der Waals surface area contributed by atoms with Crippen LogP contribution in [-0.4, -0.2) is 37.9 Å². The highest BCUT2D eigenvalue weighted by atomic mass is 35.5. The molecule has 0 amide bonds. The van der Waals surface area contributed by atoms with Crippen molar-refractivity contribution in [3.8, 4) is 5.75 Å². The molecule has 0 spiro atoms. The second kappa shape index (κ2) is 6.89. The van der Waals surface area contributed by atoms with E-state index in [0.717, 1.165) is 0 Å². The molecule has 0 N–H and O–H groups in total. The molecule has 2 rings (SSSR count). The highest BCUT2D eigenvalue weighted by Gasteiger charge is 2.20. The number of hydrogen-bond donors (Lipinski definition) is 0. The van der Waals surface area contributed by atoms with Gasteiger partial charge in [-0.05, 0) is 24.3 Å². The van der Waals surface area contributed by atoms with Gasteiger partial charge < -0.3 is 4.74 Å². The zero-order chi connectivity index (χ0) is 15.3. The quantitative estimate of drug-likeness (QED) is 0.765. The summed E-state index contributed by atoms with van der Waals surface area (Å²) in [6.45, 7) is 0.496. The van der Waals surface area contributed by atoms with E-state index in [9.17, 15) is 8.42 Å². The summed E-state index contributed by atoms with van der Waals surface area (Å²) in [5.74, 6) is 0.704. The zero-order valence-corrected chi connectivity index (χ0v) is 13.0. The van der Waals surface area contributed by atoms with E-state index in [0.29, 0.717) is 5.75 Å². The zero-order valence-electron chi connectivity index (χ0n) is 11.4. The fourth-order valence-corrected chi connectivity index (χ4v) is 3.06. The van der Waals surface area contributed by atoms with E-state index in [1.165, 1.54) is 29.7 Å². The van der Waals surface area contributed by atoms with Crippen LogP contribution in [0.25, 0.3) is 0 Å². The van der Waals surface area contributed by atoms with Crippen molar-refractivity contribution in [3.05, 3.63) is 53.8 Å². The van der Waals surface area contributed by atoms with Crippen LogP contribution in [0, 0.1) is 0 Å². The fraction of sp³-hybridized carbons (Fsp3) is 0.214. The topological polar surface area (TPSA) is 59.5 Å². The predicted octanol–water partition coefficient (Wildman–Crippen LogP) is 2.43. The van der Waals surface area contributed by atoms with Crippen molar-refractivity contribution in [3.63, 3.8) is 0 Å². The smallest absolute Gasteiger partial charge is 0.243 e. The molecule has 0 radical (unpaired) electrons. The van der Waals surface area contributed by atoms with Crippen LogP contribution in [0.4, 0.5) is 0 Å². The number of ether oxygens (including phenoxy) is 1. The first-order valence-electron chi connectivity index (χ1n) is 6.26. The lowest BCUT2D eigenvalue weighted by atomic mass is 10.3. The van der Waals surface area contributed by atoms with Gasteiger partial charge in [-0.15, -0.1) is 0 Å². The molecular formula is C14H15ClN2O3S. The number of hydrogen-bond acceptors (Lipinski definition) is 4. The van der Waals surface area contributed by atoms with Crippen LogP contribution in [-0.2, 0) is 10.0 Å². The van der Waals surface area contributed by atoms with Gasteiger partial charge in [-0.3, -0.25) is 0 Å². The lowest BCUT2D eigenvalue weighted by molar-refractivity contribution is 0.287. The Bertz CT molecular complexity index is 692. The standard InChI is InChI=1S/C14H15ClN2O3S/c1-17(9-10-20-12-5-3-2-4-6-12)21(18,19)13-7-8-16-14(15)11-13/h2-8,11H,9-10H2,1H3. The molecule has 0 fully saturated rings. The monoisotopic (exact) mass is 326 g/mol. The van der Waals surface area contributed by atoms with Gasteiger partial charge in [0.05, 0.1) is 4.90 Å². The summed E-state index contributed by atoms with van der Waals surface area (Å²) in [6.07, 6.45) is 1.36. The highest BCUT2D eigenvalue weighted by Crippen LogP contribution is 2.17. The average Bonchev–Trinajstić information content (AvgIpc) is 2.48. The lowest BCUT2D eigenvalue weighted by Crippen LogP contribution is -2.31. The molecule has 21 heavy (non-hydrogen) atoms. The van der Waals surface area contributed by atoms with Crippen molar-refractivity contribution in [2.45, 2.75) is 4.90 Å². The van der Waals surface area contributed by atoms with E-state index in [1.807, 2.05) is 30.3 Å². The van der Waals surface area contributed by atoms with Crippen molar-refractivity contribution in [1.29, 1.82) is 0 Å². The van der Waals surface area contributed by atoms with Gasteiger partial charge in [0.15, 0.2) is 0 Å². The Kier molecular flexibility index (Phi) is 5.17. The fourth-order valence-electron chi connectivity index (χ4n) is 1.65. The average molecular weight is 327 g/mol. The SMILES string of the molecule is CN(CCOc1ccccc1)S(=O)(=O)c1ccnc(Cl)c1. The minimum Gasteiger partial charge on any atom is -0.492 e. The lowest BCUT2D eigenvalue weighted by Gasteiger charge is -2.17. The Labute approximate surface area is 129 Å². The first-order chi connectivity index (χ1) is 10.00. The number of rotatable bonds is 6. The third-order valence-electron chi connectivity index (χ3n) is 2.82. The molecule has 1 heterocycles. The second-order valence-corrected chi connectivity index (χ2v) is 6.73. The maximum absolute atomic E-state index is 12.3. The molecule has 5 nitrogen and oxygen atoms in total. The van der Waals surface area contributed by atoms with E-state index in [1.54, 1.807) is 0 Å². The van der Waals surface area contributed by atoms with Crippen LogP contribution in [0.3, 0.4) is 0 Å². The number of para-hydroxylation sites is 1. The summed E-state index contributed by atoms with van der Waals surface area (Å²) < 4.78 is 31.3. The first-order valence-corrected chi connectivity index (χ1v) is 8.08. The molecule has 2 aromatic rings. The molecule has 0 aliphatic rings. The molecule has 0 aliphatic heterocycles. The van der Waals surface area contributed by atoms with E-state index in [-0.39, 0.29) is 23.2 Å². The molecule has 112 valence electrons. The second-order valence-electron chi connectivity index (χ2n) is 4.30. The van der Waals surface area contributed by atoms with Gasteiger partial charge in [-0.25, -0.2) is 13.4 Å². The van der Waals surface area contributed by atoms with Gasteiger partial charge in [0.2, 0.25) is 10.0 Å². The van der Waals surface area contributed by atoms with Gasteiger partial charge in [0, 0.05) is 19.8 Å². The van der Waals surface area contributed by atoms with Crippen LogP contribution >= 0.6 is 11.6 Å². The Balaban J connectivity index is 1.97. The van der Waals surface area contributed by atoms with Crippen LogP contribution < -0.4 is 4.74 Å². The Morgan fingerprint density at radius 3 is 2.62 bits per heavy atom. The molecule has 0 bridgehead atoms. The molecule has 0 atom stereocenters. The van der Waals surface area contributed by atoms with Crippen LogP contribution in [0.15, 0.2) is 53.6 Å². The summed E-state index contributed by atoms with van der Waals surface area (Å²) >= 11 is 5.72. The first kappa shape index (κ1) is 15.8. The van der Waals surface area contributed by atoms with Gasteiger partial charge in [-0.2, -0.15) is 4.31 Å².